The number of aromatic hydroxyl groups is 1. The molecule has 0 aromatic heterocycles. The second-order valence-electron chi connectivity index (χ2n) is 13.5. The van der Waals surface area contributed by atoms with Crippen LogP contribution in [-0.4, -0.2) is 115 Å². The van der Waals surface area contributed by atoms with Gasteiger partial charge in [-0.25, -0.2) is 4.79 Å². The summed E-state index contributed by atoms with van der Waals surface area (Å²) in [5.74, 6) is -5.79. The Morgan fingerprint density at radius 1 is 0.878 bits per heavy atom. The molecule has 49 heavy (non-hydrogen) atoms. The smallest absolute Gasteiger partial charge is 0.326 e. The van der Waals surface area contributed by atoms with E-state index in [-0.39, 0.29) is 50.4 Å². The molecule has 0 unspecified atom stereocenters. The minimum Gasteiger partial charge on any atom is -0.508 e. The number of carboxylic acids is 2. The number of amides is 5. The molecule has 0 spiro atoms. The number of benzene rings is 1. The number of nitrogens with two attached hydrogens (primary N) is 1. The second-order valence-corrected chi connectivity index (χ2v) is 13.5. The highest BCUT2D eigenvalue weighted by molar-refractivity contribution is 5.98. The van der Waals surface area contributed by atoms with Gasteiger partial charge >= 0.3 is 11.9 Å². The van der Waals surface area contributed by atoms with Gasteiger partial charge in [0.2, 0.25) is 29.5 Å². The summed E-state index contributed by atoms with van der Waals surface area (Å²) in [6.07, 6.45) is 0.793. The molecule has 270 valence electrons. The van der Waals surface area contributed by atoms with E-state index in [9.17, 15) is 48.9 Å². The molecule has 0 radical (unpaired) electrons. The van der Waals surface area contributed by atoms with E-state index in [4.69, 9.17) is 5.73 Å². The Labute approximate surface area is 284 Å². The lowest BCUT2D eigenvalue weighted by Gasteiger charge is -2.35. The van der Waals surface area contributed by atoms with Crippen molar-refractivity contribution in [1.29, 1.82) is 0 Å². The molecular formula is C33H48N6O10. The molecule has 2 heterocycles. The summed E-state index contributed by atoms with van der Waals surface area (Å²) >= 11 is 0. The van der Waals surface area contributed by atoms with Gasteiger partial charge < -0.3 is 46.8 Å². The van der Waals surface area contributed by atoms with Gasteiger partial charge in [0.15, 0.2) is 0 Å². The number of likely N-dealkylation sites (tertiary alicyclic amines) is 2. The first-order valence-electron chi connectivity index (χ1n) is 16.4. The number of phenolic OH excluding ortho intramolecular Hbond substituents is 1. The molecule has 0 aliphatic carbocycles. The largest absolute Gasteiger partial charge is 0.508 e. The highest BCUT2D eigenvalue weighted by Crippen LogP contribution is 2.25. The van der Waals surface area contributed by atoms with Crippen LogP contribution < -0.4 is 21.7 Å². The number of rotatable bonds is 15. The lowest BCUT2D eigenvalue weighted by atomic mass is 10.0. The van der Waals surface area contributed by atoms with Crippen LogP contribution >= 0.6 is 0 Å². The number of aliphatic carboxylic acids is 2. The average molecular weight is 689 g/mol. The maximum absolute atomic E-state index is 13.8. The molecule has 5 amide bonds. The standard InChI is InChI=1S/C33H48N6O10/c1-18(2)26(34)29(45)35-21(13-14-25(41)42)30(46)38-15-5-8-24(38)28(44)37-33(3,4)32(49)39-16-6-7-23(39)27(43)36-22(31(47)48)17-19-9-11-20(40)12-10-19/h9-12,18,21-24,26,40H,5-8,13-17,34H2,1-4H3,(H,35,45)(H,36,43)(H,37,44)(H,41,42)(H,47,48)/t21-,22-,23-,24-,26-/m0/s1. The van der Waals surface area contributed by atoms with E-state index in [0.29, 0.717) is 18.4 Å². The maximum Gasteiger partial charge on any atom is 0.326 e. The van der Waals surface area contributed by atoms with Crippen LogP contribution in [0.15, 0.2) is 24.3 Å². The van der Waals surface area contributed by atoms with E-state index in [1.54, 1.807) is 26.0 Å². The Morgan fingerprint density at radius 3 is 2.00 bits per heavy atom. The van der Waals surface area contributed by atoms with Gasteiger partial charge in [-0.1, -0.05) is 26.0 Å². The Hall–Kier alpha value is -4.73. The van der Waals surface area contributed by atoms with Gasteiger partial charge in [0.1, 0.15) is 35.5 Å². The Morgan fingerprint density at radius 2 is 1.45 bits per heavy atom. The fourth-order valence-electron chi connectivity index (χ4n) is 6.02. The minimum absolute atomic E-state index is 0.0115. The predicted molar refractivity (Wildman–Crippen MR) is 175 cm³/mol. The van der Waals surface area contributed by atoms with Crippen molar-refractivity contribution in [3.8, 4) is 5.75 Å². The number of carbonyl (C=O) groups is 7. The Kier molecular flexibility index (Phi) is 13.1. The highest BCUT2D eigenvalue weighted by atomic mass is 16.4. The fourth-order valence-corrected chi connectivity index (χ4v) is 6.02. The number of nitrogens with zero attached hydrogens (tertiary/aromatic N) is 2. The van der Waals surface area contributed by atoms with Crippen molar-refractivity contribution in [3.05, 3.63) is 29.8 Å². The summed E-state index contributed by atoms with van der Waals surface area (Å²) in [6, 6.07) is 0.456. The van der Waals surface area contributed by atoms with Crippen LogP contribution in [0.5, 0.6) is 5.75 Å². The summed E-state index contributed by atoms with van der Waals surface area (Å²) in [5, 5.41) is 36.2. The van der Waals surface area contributed by atoms with E-state index < -0.39 is 83.6 Å². The van der Waals surface area contributed by atoms with Gasteiger partial charge in [0.05, 0.1) is 6.04 Å². The van der Waals surface area contributed by atoms with Crippen molar-refractivity contribution in [2.75, 3.05) is 13.1 Å². The molecule has 3 rings (SSSR count). The summed E-state index contributed by atoms with van der Waals surface area (Å²) in [5.41, 5.74) is 4.97. The molecule has 1 aromatic rings. The molecule has 2 fully saturated rings. The molecule has 0 bridgehead atoms. The van der Waals surface area contributed by atoms with Crippen molar-refractivity contribution in [1.82, 2.24) is 25.8 Å². The molecule has 8 N–H and O–H groups in total. The molecular weight excluding hydrogens is 640 g/mol. The van der Waals surface area contributed by atoms with Crippen LogP contribution in [0.2, 0.25) is 0 Å². The van der Waals surface area contributed by atoms with E-state index in [1.165, 1.54) is 35.8 Å². The minimum atomic E-state index is -1.53. The van der Waals surface area contributed by atoms with E-state index in [2.05, 4.69) is 16.0 Å². The van der Waals surface area contributed by atoms with Crippen molar-refractivity contribution in [3.63, 3.8) is 0 Å². The highest BCUT2D eigenvalue weighted by Gasteiger charge is 2.45. The zero-order valence-corrected chi connectivity index (χ0v) is 28.3. The zero-order chi connectivity index (χ0) is 36.6. The van der Waals surface area contributed by atoms with Crippen LogP contribution in [0.1, 0.15) is 71.8 Å². The van der Waals surface area contributed by atoms with E-state index in [1.807, 2.05) is 0 Å². The first-order valence-corrected chi connectivity index (χ1v) is 16.4. The van der Waals surface area contributed by atoms with Crippen molar-refractivity contribution >= 4 is 41.5 Å². The van der Waals surface area contributed by atoms with Gasteiger partial charge in [0, 0.05) is 25.9 Å². The van der Waals surface area contributed by atoms with Crippen LogP contribution in [0.25, 0.3) is 0 Å². The molecule has 5 atom stereocenters. The Bertz CT molecular complexity index is 1410. The number of carboxylic acid groups (broad SMARTS) is 2. The summed E-state index contributed by atoms with van der Waals surface area (Å²) < 4.78 is 0. The first kappa shape index (κ1) is 38.7. The number of hydrogen-bond acceptors (Lipinski definition) is 9. The summed E-state index contributed by atoms with van der Waals surface area (Å²) in [7, 11) is 0. The van der Waals surface area contributed by atoms with Gasteiger partial charge in [-0.2, -0.15) is 0 Å². The average Bonchev–Trinajstić information content (AvgIpc) is 3.73. The van der Waals surface area contributed by atoms with Crippen molar-refractivity contribution < 1.29 is 48.9 Å². The maximum atomic E-state index is 13.8. The van der Waals surface area contributed by atoms with E-state index >= 15 is 0 Å². The van der Waals surface area contributed by atoms with Crippen LogP contribution in [0.3, 0.4) is 0 Å². The molecule has 1 aromatic carbocycles. The second kappa shape index (κ2) is 16.6. The normalized spacial score (nSPS) is 19.6. The SMILES string of the molecule is CC(C)[C@H](N)C(=O)N[C@@H](CCC(=O)O)C(=O)N1CCC[C@H]1C(=O)NC(C)(C)C(=O)N1CCC[C@H]1C(=O)N[C@@H](Cc1ccc(O)cc1)C(=O)O. The predicted octanol–water partition coefficient (Wildman–Crippen LogP) is -0.286. The van der Waals surface area contributed by atoms with Gasteiger partial charge in [0.25, 0.3) is 0 Å². The third kappa shape index (κ3) is 10.1. The summed E-state index contributed by atoms with van der Waals surface area (Å²) in [4.78, 5) is 92.8. The number of nitrogens with one attached hydrogen (secondary N) is 3. The van der Waals surface area contributed by atoms with Crippen LogP contribution in [-0.2, 0) is 40.0 Å². The zero-order valence-electron chi connectivity index (χ0n) is 28.3. The topological polar surface area (TPSA) is 249 Å². The third-order valence-corrected chi connectivity index (χ3v) is 8.90. The van der Waals surface area contributed by atoms with Crippen molar-refractivity contribution in [2.24, 2.45) is 11.7 Å². The monoisotopic (exact) mass is 688 g/mol. The summed E-state index contributed by atoms with van der Waals surface area (Å²) in [6.45, 7) is 6.76. The van der Waals surface area contributed by atoms with Gasteiger partial charge in [-0.15, -0.1) is 0 Å². The third-order valence-electron chi connectivity index (χ3n) is 8.90. The molecule has 16 nitrogen and oxygen atoms in total. The lowest BCUT2D eigenvalue weighted by molar-refractivity contribution is -0.148. The quantitative estimate of drug-likeness (QED) is 0.126. The number of hydrogen-bond donors (Lipinski definition) is 7. The van der Waals surface area contributed by atoms with Gasteiger partial charge in [-0.05, 0) is 69.6 Å². The van der Waals surface area contributed by atoms with Gasteiger partial charge in [-0.3, -0.25) is 28.8 Å². The molecule has 2 aliphatic rings. The fraction of sp³-hybridized carbons (Fsp3) is 0.606. The number of phenols is 1. The Balaban J connectivity index is 1.69. The lowest BCUT2D eigenvalue weighted by Crippen LogP contribution is -2.62. The molecule has 2 aliphatic heterocycles. The van der Waals surface area contributed by atoms with Crippen LogP contribution in [0.4, 0.5) is 0 Å². The molecule has 0 saturated carbocycles. The number of carbonyl (C=O) groups excluding carboxylic acids is 5. The van der Waals surface area contributed by atoms with Crippen molar-refractivity contribution in [2.45, 2.75) is 108 Å². The first-order chi connectivity index (χ1) is 22.9. The van der Waals surface area contributed by atoms with Crippen LogP contribution in [0, 0.1) is 5.92 Å². The molecule has 16 heteroatoms. The molecule has 2 saturated heterocycles. The van der Waals surface area contributed by atoms with E-state index in [0.717, 1.165) is 0 Å².